The van der Waals surface area contributed by atoms with Crippen molar-refractivity contribution in [2.45, 2.75) is 0 Å². The first-order valence-electron chi connectivity index (χ1n) is 5.53. The molecule has 3 rings (SSSR count). The summed E-state index contributed by atoms with van der Waals surface area (Å²) in [5, 5.41) is 0. The quantitative estimate of drug-likeness (QED) is 0.660. The number of nitrogens with zero attached hydrogens (tertiary/aromatic N) is 2. The number of halogens is 2. The first kappa shape index (κ1) is 11.4. The molecule has 2 nitrogen and oxygen atoms in total. The van der Waals surface area contributed by atoms with Gasteiger partial charge < -0.3 is 4.57 Å². The minimum atomic E-state index is -0.249. The van der Waals surface area contributed by atoms with Crippen molar-refractivity contribution in [3.8, 4) is 11.4 Å². The molecule has 2 aromatic carbocycles. The van der Waals surface area contributed by atoms with E-state index in [0.29, 0.717) is 0 Å². The van der Waals surface area contributed by atoms with Crippen LogP contribution in [0.15, 0.2) is 46.9 Å². The van der Waals surface area contributed by atoms with E-state index in [0.717, 1.165) is 26.9 Å². The van der Waals surface area contributed by atoms with Crippen LogP contribution >= 0.6 is 15.9 Å². The number of aromatic nitrogens is 2. The second-order valence-corrected chi connectivity index (χ2v) is 5.05. The summed E-state index contributed by atoms with van der Waals surface area (Å²) in [6.45, 7) is 0. The Morgan fingerprint density at radius 1 is 1.17 bits per heavy atom. The Morgan fingerprint density at radius 2 is 2.00 bits per heavy atom. The average molecular weight is 305 g/mol. The van der Waals surface area contributed by atoms with Crippen molar-refractivity contribution in [1.29, 1.82) is 0 Å². The van der Waals surface area contributed by atoms with E-state index in [1.165, 1.54) is 12.1 Å². The van der Waals surface area contributed by atoms with Crippen LogP contribution in [0.1, 0.15) is 0 Å². The van der Waals surface area contributed by atoms with Crippen molar-refractivity contribution < 1.29 is 4.39 Å². The van der Waals surface area contributed by atoms with Crippen molar-refractivity contribution in [2.75, 3.05) is 0 Å². The van der Waals surface area contributed by atoms with Crippen LogP contribution in [-0.4, -0.2) is 9.55 Å². The molecule has 0 bridgehead atoms. The molecule has 90 valence electrons. The molecule has 0 aliphatic rings. The van der Waals surface area contributed by atoms with Crippen LogP contribution in [0.3, 0.4) is 0 Å². The summed E-state index contributed by atoms with van der Waals surface area (Å²) in [6, 6.07) is 12.4. The highest BCUT2D eigenvalue weighted by molar-refractivity contribution is 9.10. The van der Waals surface area contributed by atoms with E-state index in [1.807, 2.05) is 35.9 Å². The molecule has 18 heavy (non-hydrogen) atoms. The zero-order valence-electron chi connectivity index (χ0n) is 9.69. The molecule has 0 amide bonds. The maximum Gasteiger partial charge on any atom is 0.140 e. The van der Waals surface area contributed by atoms with Gasteiger partial charge in [-0.1, -0.05) is 28.1 Å². The lowest BCUT2D eigenvalue weighted by Gasteiger charge is -2.02. The van der Waals surface area contributed by atoms with E-state index in [-0.39, 0.29) is 5.82 Å². The molecule has 4 heteroatoms. The van der Waals surface area contributed by atoms with Gasteiger partial charge in [0.25, 0.3) is 0 Å². The Morgan fingerprint density at radius 3 is 2.78 bits per heavy atom. The number of imidazole rings is 1. The van der Waals surface area contributed by atoms with E-state index in [9.17, 15) is 4.39 Å². The average Bonchev–Trinajstić information content (AvgIpc) is 2.66. The fourth-order valence-corrected chi connectivity index (χ4v) is 2.41. The van der Waals surface area contributed by atoms with Gasteiger partial charge in [-0.05, 0) is 30.3 Å². The third kappa shape index (κ3) is 1.82. The summed E-state index contributed by atoms with van der Waals surface area (Å²) < 4.78 is 16.2. The Labute approximate surface area is 112 Å². The SMILES string of the molecule is Cn1c(-c2cccc(F)c2)nc2cc(Br)ccc21. The van der Waals surface area contributed by atoms with E-state index in [2.05, 4.69) is 20.9 Å². The molecule has 0 saturated heterocycles. The van der Waals surface area contributed by atoms with Crippen LogP contribution in [-0.2, 0) is 7.05 Å². The van der Waals surface area contributed by atoms with Crippen LogP contribution < -0.4 is 0 Å². The van der Waals surface area contributed by atoms with Gasteiger partial charge in [-0.25, -0.2) is 9.37 Å². The molecule has 0 saturated carbocycles. The van der Waals surface area contributed by atoms with Crippen LogP contribution in [0.5, 0.6) is 0 Å². The van der Waals surface area contributed by atoms with Crippen LogP contribution in [0, 0.1) is 5.82 Å². The fraction of sp³-hybridized carbons (Fsp3) is 0.0714. The van der Waals surface area contributed by atoms with E-state index >= 15 is 0 Å². The van der Waals surface area contributed by atoms with Gasteiger partial charge in [0.15, 0.2) is 0 Å². The second-order valence-electron chi connectivity index (χ2n) is 4.14. The summed E-state index contributed by atoms with van der Waals surface area (Å²) in [5.41, 5.74) is 2.70. The molecular formula is C14H10BrFN2. The Hall–Kier alpha value is -1.68. The lowest BCUT2D eigenvalue weighted by molar-refractivity contribution is 0.628. The van der Waals surface area contributed by atoms with Crippen LogP contribution in [0.4, 0.5) is 4.39 Å². The monoisotopic (exact) mass is 304 g/mol. The van der Waals surface area contributed by atoms with Gasteiger partial charge >= 0.3 is 0 Å². The van der Waals surface area contributed by atoms with Crippen LogP contribution in [0.2, 0.25) is 0 Å². The lowest BCUT2D eigenvalue weighted by Crippen LogP contribution is -1.92. The largest absolute Gasteiger partial charge is 0.327 e. The van der Waals surface area contributed by atoms with E-state index < -0.39 is 0 Å². The minimum absolute atomic E-state index is 0.249. The molecule has 0 aliphatic heterocycles. The minimum Gasteiger partial charge on any atom is -0.327 e. The summed E-state index contributed by atoms with van der Waals surface area (Å²) in [5.74, 6) is 0.517. The van der Waals surface area contributed by atoms with Crippen molar-refractivity contribution in [1.82, 2.24) is 9.55 Å². The van der Waals surface area contributed by atoms with Gasteiger partial charge in [-0.3, -0.25) is 0 Å². The van der Waals surface area contributed by atoms with Gasteiger partial charge in [0.2, 0.25) is 0 Å². The highest BCUT2D eigenvalue weighted by Gasteiger charge is 2.10. The third-order valence-corrected chi connectivity index (χ3v) is 3.42. The predicted molar refractivity (Wildman–Crippen MR) is 73.8 cm³/mol. The van der Waals surface area contributed by atoms with Gasteiger partial charge in [0.1, 0.15) is 11.6 Å². The van der Waals surface area contributed by atoms with Gasteiger partial charge in [0, 0.05) is 17.1 Å². The van der Waals surface area contributed by atoms with Gasteiger partial charge in [-0.2, -0.15) is 0 Å². The standard InChI is InChI=1S/C14H10BrFN2/c1-18-13-6-5-10(15)8-12(13)17-14(18)9-3-2-4-11(16)7-9/h2-8H,1H3. The smallest absolute Gasteiger partial charge is 0.140 e. The normalized spacial score (nSPS) is 11.1. The maximum absolute atomic E-state index is 13.3. The zero-order valence-corrected chi connectivity index (χ0v) is 11.3. The summed E-state index contributed by atoms with van der Waals surface area (Å²) in [6.07, 6.45) is 0. The molecule has 0 fully saturated rings. The summed E-state index contributed by atoms with van der Waals surface area (Å²) >= 11 is 3.42. The number of rotatable bonds is 1. The first-order chi connectivity index (χ1) is 8.65. The highest BCUT2D eigenvalue weighted by atomic mass is 79.9. The highest BCUT2D eigenvalue weighted by Crippen LogP contribution is 2.26. The topological polar surface area (TPSA) is 17.8 Å². The summed E-state index contributed by atoms with van der Waals surface area (Å²) in [4.78, 5) is 4.55. The fourth-order valence-electron chi connectivity index (χ4n) is 2.06. The van der Waals surface area contributed by atoms with E-state index in [1.54, 1.807) is 6.07 Å². The summed E-state index contributed by atoms with van der Waals surface area (Å²) in [7, 11) is 1.93. The molecule has 0 radical (unpaired) electrons. The van der Waals surface area contributed by atoms with Crippen molar-refractivity contribution in [3.63, 3.8) is 0 Å². The van der Waals surface area contributed by atoms with Crippen molar-refractivity contribution in [2.24, 2.45) is 7.05 Å². The van der Waals surface area contributed by atoms with Crippen molar-refractivity contribution >= 4 is 27.0 Å². The Balaban J connectivity index is 2.27. The second kappa shape index (κ2) is 4.21. The first-order valence-corrected chi connectivity index (χ1v) is 6.32. The number of benzene rings is 2. The molecule has 1 aromatic heterocycles. The predicted octanol–water partition coefficient (Wildman–Crippen LogP) is 4.14. The Bertz CT molecular complexity index is 734. The number of aryl methyl sites for hydroxylation is 1. The van der Waals surface area contributed by atoms with Crippen molar-refractivity contribution in [3.05, 3.63) is 52.8 Å². The molecule has 0 N–H and O–H groups in total. The van der Waals surface area contributed by atoms with Crippen LogP contribution in [0.25, 0.3) is 22.4 Å². The van der Waals surface area contributed by atoms with Gasteiger partial charge in [-0.15, -0.1) is 0 Å². The number of hydrogen-bond acceptors (Lipinski definition) is 1. The molecule has 1 heterocycles. The molecule has 0 unspecified atom stereocenters. The Kier molecular flexibility index (Phi) is 2.67. The zero-order chi connectivity index (χ0) is 12.7. The van der Waals surface area contributed by atoms with E-state index in [4.69, 9.17) is 0 Å². The molecule has 0 atom stereocenters. The number of fused-ring (bicyclic) bond motifs is 1. The molecular weight excluding hydrogens is 295 g/mol. The van der Waals surface area contributed by atoms with Gasteiger partial charge in [0.05, 0.1) is 11.0 Å². The number of hydrogen-bond donors (Lipinski definition) is 0. The third-order valence-electron chi connectivity index (χ3n) is 2.93. The lowest BCUT2D eigenvalue weighted by atomic mass is 10.2. The maximum atomic E-state index is 13.3. The molecule has 0 spiro atoms. The molecule has 0 aliphatic carbocycles. The molecule has 3 aromatic rings.